The van der Waals surface area contributed by atoms with Crippen LogP contribution in [0.5, 0.6) is 0 Å². The molecule has 116 valence electrons. The summed E-state index contributed by atoms with van der Waals surface area (Å²) in [4.78, 5) is 0.296. The maximum absolute atomic E-state index is 12.7. The lowest BCUT2D eigenvalue weighted by Gasteiger charge is -2.25. The quantitative estimate of drug-likeness (QED) is 0.777. The van der Waals surface area contributed by atoms with E-state index in [1.807, 2.05) is 25.3 Å². The zero-order valence-electron chi connectivity index (χ0n) is 12.7. The summed E-state index contributed by atoms with van der Waals surface area (Å²) in [5.74, 6) is 0. The largest absolute Gasteiger partial charge is 0.383 e. The smallest absolute Gasteiger partial charge is 0.244 e. The Morgan fingerprint density at radius 1 is 1.45 bits per heavy atom. The minimum Gasteiger partial charge on any atom is -0.383 e. The number of hydrogen-bond acceptors (Lipinski definition) is 4. The topological polar surface area (TPSA) is 77.6 Å². The van der Waals surface area contributed by atoms with Crippen molar-refractivity contribution in [3.05, 3.63) is 18.0 Å². The van der Waals surface area contributed by atoms with Crippen LogP contribution in [0.4, 0.5) is 0 Å². The molecule has 0 saturated heterocycles. The van der Waals surface area contributed by atoms with E-state index in [0.29, 0.717) is 31.1 Å². The van der Waals surface area contributed by atoms with E-state index in [0.717, 1.165) is 5.69 Å². The van der Waals surface area contributed by atoms with Crippen LogP contribution in [0.1, 0.15) is 26.5 Å². The Kier molecular flexibility index (Phi) is 6.19. The third-order valence-electron chi connectivity index (χ3n) is 3.21. The number of aromatic nitrogens is 1. The predicted octanol–water partition coefficient (Wildman–Crippen LogP) is 1.01. The molecule has 0 saturated carbocycles. The van der Waals surface area contributed by atoms with Gasteiger partial charge in [-0.05, 0) is 26.8 Å². The Morgan fingerprint density at radius 3 is 2.50 bits per heavy atom. The van der Waals surface area contributed by atoms with Gasteiger partial charge < -0.3 is 15.0 Å². The van der Waals surface area contributed by atoms with Crippen LogP contribution in [0.15, 0.2) is 17.2 Å². The van der Waals surface area contributed by atoms with Crippen LogP contribution in [-0.2, 0) is 27.8 Å². The van der Waals surface area contributed by atoms with Gasteiger partial charge in [0.2, 0.25) is 10.0 Å². The number of rotatable bonds is 8. The molecule has 0 fully saturated rings. The van der Waals surface area contributed by atoms with E-state index in [2.05, 4.69) is 0 Å². The molecule has 2 N–H and O–H groups in total. The van der Waals surface area contributed by atoms with Crippen molar-refractivity contribution in [3.8, 4) is 0 Å². The Labute approximate surface area is 121 Å². The van der Waals surface area contributed by atoms with Crippen LogP contribution >= 0.6 is 0 Å². The summed E-state index contributed by atoms with van der Waals surface area (Å²) in [5, 5.41) is 0. The summed E-state index contributed by atoms with van der Waals surface area (Å²) in [6.45, 7) is 7.40. The number of ether oxygens (including phenoxy) is 1. The third-order valence-corrected chi connectivity index (χ3v) is 5.25. The zero-order valence-corrected chi connectivity index (χ0v) is 13.5. The Bertz CT molecular complexity index is 501. The number of nitrogens with zero attached hydrogens (tertiary/aromatic N) is 2. The van der Waals surface area contributed by atoms with Crippen molar-refractivity contribution in [2.75, 3.05) is 20.3 Å². The normalized spacial score (nSPS) is 12.6. The summed E-state index contributed by atoms with van der Waals surface area (Å²) in [7, 11) is -1.96. The number of sulfonamides is 1. The molecular weight excluding hydrogens is 278 g/mol. The van der Waals surface area contributed by atoms with Gasteiger partial charge in [-0.2, -0.15) is 4.31 Å². The molecule has 0 aliphatic carbocycles. The van der Waals surface area contributed by atoms with Crippen molar-refractivity contribution < 1.29 is 13.2 Å². The first-order valence-corrected chi connectivity index (χ1v) is 8.22. The van der Waals surface area contributed by atoms with Crippen molar-refractivity contribution in [1.82, 2.24) is 8.87 Å². The van der Waals surface area contributed by atoms with Gasteiger partial charge in [-0.3, -0.25) is 0 Å². The Hall–Kier alpha value is -0.890. The van der Waals surface area contributed by atoms with Gasteiger partial charge in [0, 0.05) is 44.7 Å². The lowest BCUT2D eigenvalue weighted by molar-refractivity contribution is 0.171. The lowest BCUT2D eigenvalue weighted by Crippen LogP contribution is -2.39. The highest BCUT2D eigenvalue weighted by Crippen LogP contribution is 2.21. The second-order valence-corrected chi connectivity index (χ2v) is 6.75. The molecule has 1 rings (SSSR count). The fraction of sp³-hybridized carbons (Fsp3) is 0.692. The first-order chi connectivity index (χ1) is 9.38. The van der Waals surface area contributed by atoms with Gasteiger partial charge in [-0.25, -0.2) is 8.42 Å². The van der Waals surface area contributed by atoms with E-state index in [-0.39, 0.29) is 6.04 Å². The average molecular weight is 303 g/mol. The molecule has 1 aromatic rings. The van der Waals surface area contributed by atoms with Crippen molar-refractivity contribution in [2.24, 2.45) is 5.73 Å². The molecule has 0 aromatic carbocycles. The molecule has 0 bridgehead atoms. The standard InChI is InChI=1S/C13H25N3O3S/c1-5-15-10-13(8-12(15)9-14)20(17,18)16(11(2)3)6-7-19-4/h8,10-11H,5-7,9,14H2,1-4H3. The highest BCUT2D eigenvalue weighted by Gasteiger charge is 2.28. The minimum atomic E-state index is -3.52. The minimum absolute atomic E-state index is 0.124. The van der Waals surface area contributed by atoms with Crippen LogP contribution in [0, 0.1) is 0 Å². The van der Waals surface area contributed by atoms with Crippen LogP contribution in [-0.4, -0.2) is 43.6 Å². The van der Waals surface area contributed by atoms with Crippen LogP contribution in [0.25, 0.3) is 0 Å². The molecule has 6 nitrogen and oxygen atoms in total. The summed E-state index contributed by atoms with van der Waals surface area (Å²) in [5.41, 5.74) is 6.47. The summed E-state index contributed by atoms with van der Waals surface area (Å²) in [6, 6.07) is 1.53. The molecule has 20 heavy (non-hydrogen) atoms. The van der Waals surface area contributed by atoms with Crippen molar-refractivity contribution in [3.63, 3.8) is 0 Å². The molecule has 0 aliphatic heterocycles. The molecule has 1 aromatic heterocycles. The maximum atomic E-state index is 12.7. The second-order valence-electron chi connectivity index (χ2n) is 4.86. The second kappa shape index (κ2) is 7.21. The maximum Gasteiger partial charge on any atom is 0.244 e. The zero-order chi connectivity index (χ0) is 15.3. The number of aryl methyl sites for hydroxylation is 1. The van der Waals surface area contributed by atoms with Gasteiger partial charge in [0.05, 0.1) is 6.61 Å². The van der Waals surface area contributed by atoms with E-state index in [9.17, 15) is 8.42 Å². The van der Waals surface area contributed by atoms with Gasteiger partial charge >= 0.3 is 0 Å². The Morgan fingerprint density at radius 2 is 2.10 bits per heavy atom. The van der Waals surface area contributed by atoms with Crippen molar-refractivity contribution in [1.29, 1.82) is 0 Å². The summed E-state index contributed by atoms with van der Waals surface area (Å²) in [6.07, 6.45) is 1.65. The number of hydrogen-bond donors (Lipinski definition) is 1. The van der Waals surface area contributed by atoms with E-state index in [1.54, 1.807) is 19.4 Å². The van der Waals surface area contributed by atoms with E-state index in [1.165, 1.54) is 4.31 Å². The third kappa shape index (κ3) is 3.60. The molecule has 0 spiro atoms. The van der Waals surface area contributed by atoms with E-state index in [4.69, 9.17) is 10.5 Å². The lowest BCUT2D eigenvalue weighted by atomic mass is 10.4. The highest BCUT2D eigenvalue weighted by atomic mass is 32.2. The number of methoxy groups -OCH3 is 1. The monoisotopic (exact) mass is 303 g/mol. The van der Waals surface area contributed by atoms with Gasteiger partial charge in [0.25, 0.3) is 0 Å². The molecule has 0 unspecified atom stereocenters. The summed E-state index contributed by atoms with van der Waals surface area (Å²) < 4.78 is 33.7. The van der Waals surface area contributed by atoms with Crippen LogP contribution in [0.2, 0.25) is 0 Å². The van der Waals surface area contributed by atoms with Gasteiger partial charge in [0.1, 0.15) is 4.90 Å². The molecular formula is C13H25N3O3S. The molecule has 0 atom stereocenters. The van der Waals surface area contributed by atoms with E-state index >= 15 is 0 Å². The first-order valence-electron chi connectivity index (χ1n) is 6.78. The Balaban J connectivity index is 3.15. The van der Waals surface area contributed by atoms with Gasteiger partial charge in [0.15, 0.2) is 0 Å². The molecule has 0 aliphatic rings. The fourth-order valence-corrected chi connectivity index (χ4v) is 3.79. The highest BCUT2D eigenvalue weighted by molar-refractivity contribution is 7.89. The number of nitrogens with two attached hydrogens (primary N) is 1. The van der Waals surface area contributed by atoms with Gasteiger partial charge in [-0.15, -0.1) is 0 Å². The fourth-order valence-electron chi connectivity index (χ4n) is 2.11. The predicted molar refractivity (Wildman–Crippen MR) is 78.9 cm³/mol. The van der Waals surface area contributed by atoms with Gasteiger partial charge in [-0.1, -0.05) is 0 Å². The van der Waals surface area contributed by atoms with Crippen LogP contribution in [0.3, 0.4) is 0 Å². The molecule has 7 heteroatoms. The van der Waals surface area contributed by atoms with Crippen molar-refractivity contribution in [2.45, 2.75) is 44.8 Å². The SMILES string of the molecule is CCn1cc(S(=O)(=O)N(CCOC)C(C)C)cc1CN. The summed E-state index contributed by atoms with van der Waals surface area (Å²) >= 11 is 0. The molecule has 0 radical (unpaired) electrons. The molecule has 0 amide bonds. The van der Waals surface area contributed by atoms with E-state index < -0.39 is 10.0 Å². The average Bonchev–Trinajstić information content (AvgIpc) is 2.82. The van der Waals surface area contributed by atoms with Crippen molar-refractivity contribution >= 4 is 10.0 Å². The van der Waals surface area contributed by atoms with Crippen LogP contribution < -0.4 is 5.73 Å². The molecule has 1 heterocycles. The first kappa shape index (κ1) is 17.2.